The van der Waals surface area contributed by atoms with Gasteiger partial charge in [-0.1, -0.05) is 52.9 Å². The highest BCUT2D eigenvalue weighted by Crippen LogP contribution is 2.12. The van der Waals surface area contributed by atoms with Crippen molar-refractivity contribution in [3.8, 4) is 0 Å². The van der Waals surface area contributed by atoms with Crippen molar-refractivity contribution in [1.29, 1.82) is 0 Å². The number of methoxy groups -OCH3 is 1. The number of ketones is 1. The predicted molar refractivity (Wildman–Crippen MR) is 68.6 cm³/mol. The van der Waals surface area contributed by atoms with Crippen LogP contribution in [0.2, 0.25) is 0 Å². The van der Waals surface area contributed by atoms with Gasteiger partial charge in [-0.25, -0.2) is 0 Å². The van der Waals surface area contributed by atoms with Gasteiger partial charge < -0.3 is 4.74 Å². The van der Waals surface area contributed by atoms with Gasteiger partial charge in [0.25, 0.3) is 0 Å². The molecule has 0 rings (SSSR count). The fourth-order valence-corrected chi connectivity index (χ4v) is 2.00. The maximum Gasteiger partial charge on any atom is 0.161 e. The van der Waals surface area contributed by atoms with Crippen LogP contribution in [0.5, 0.6) is 0 Å². The Labute approximate surface area is 101 Å². The Morgan fingerprint density at radius 1 is 1.06 bits per heavy atom. The second kappa shape index (κ2) is 9.83. The maximum absolute atomic E-state index is 11.8. The topological polar surface area (TPSA) is 26.3 Å². The summed E-state index contributed by atoms with van der Waals surface area (Å²) in [5, 5.41) is 0. The average Bonchev–Trinajstić information content (AvgIpc) is 2.23. The van der Waals surface area contributed by atoms with Gasteiger partial charge >= 0.3 is 0 Å². The third-order valence-electron chi connectivity index (χ3n) is 2.95. The van der Waals surface area contributed by atoms with Gasteiger partial charge in [-0.05, 0) is 12.3 Å². The van der Waals surface area contributed by atoms with E-state index in [1.54, 1.807) is 7.11 Å². The number of hydrogen-bond donors (Lipinski definition) is 0. The summed E-state index contributed by atoms with van der Waals surface area (Å²) in [6.07, 6.45) is 7.86. The first kappa shape index (κ1) is 15.6. The van der Waals surface area contributed by atoms with Gasteiger partial charge in [0, 0.05) is 13.5 Å². The molecule has 0 bridgehead atoms. The molecule has 96 valence electrons. The Morgan fingerprint density at radius 3 is 2.12 bits per heavy atom. The molecule has 0 aliphatic heterocycles. The van der Waals surface area contributed by atoms with Crippen LogP contribution in [-0.2, 0) is 9.53 Å². The highest BCUT2D eigenvalue weighted by molar-refractivity contribution is 5.83. The van der Waals surface area contributed by atoms with E-state index < -0.39 is 0 Å². The summed E-state index contributed by atoms with van der Waals surface area (Å²) in [6.45, 7) is 6.29. The largest absolute Gasteiger partial charge is 0.373 e. The van der Waals surface area contributed by atoms with Crippen molar-refractivity contribution < 1.29 is 9.53 Å². The maximum atomic E-state index is 11.8. The van der Waals surface area contributed by atoms with Gasteiger partial charge in [0.05, 0.1) is 0 Å². The summed E-state index contributed by atoms with van der Waals surface area (Å²) >= 11 is 0. The van der Waals surface area contributed by atoms with Crippen LogP contribution in [0.25, 0.3) is 0 Å². The minimum atomic E-state index is -0.198. The number of unbranched alkanes of at least 4 members (excludes halogenated alkanes) is 5. The van der Waals surface area contributed by atoms with Crippen molar-refractivity contribution in [3.63, 3.8) is 0 Å². The molecule has 0 radical (unpaired) electrons. The molecule has 1 atom stereocenters. The van der Waals surface area contributed by atoms with Crippen molar-refractivity contribution in [3.05, 3.63) is 0 Å². The summed E-state index contributed by atoms with van der Waals surface area (Å²) in [7, 11) is 1.63. The van der Waals surface area contributed by atoms with Crippen molar-refractivity contribution in [2.24, 2.45) is 5.92 Å². The minimum absolute atomic E-state index is 0.198. The predicted octanol–water partition coefficient (Wildman–Crippen LogP) is 3.98. The summed E-state index contributed by atoms with van der Waals surface area (Å²) < 4.78 is 5.22. The molecule has 2 heteroatoms. The van der Waals surface area contributed by atoms with E-state index in [1.165, 1.54) is 32.1 Å². The van der Waals surface area contributed by atoms with E-state index in [9.17, 15) is 4.79 Å². The molecule has 0 N–H and O–H groups in total. The van der Waals surface area contributed by atoms with Crippen LogP contribution in [0.1, 0.15) is 65.7 Å². The minimum Gasteiger partial charge on any atom is -0.373 e. The number of Topliss-reactive ketones (excluding diaryl/α,β-unsaturated/α-hetero) is 1. The number of rotatable bonds is 10. The highest BCUT2D eigenvalue weighted by atomic mass is 16.5. The molecule has 0 aromatic rings. The summed E-state index contributed by atoms with van der Waals surface area (Å²) in [5.74, 6) is 0.561. The molecule has 0 spiro atoms. The van der Waals surface area contributed by atoms with Gasteiger partial charge in [0.1, 0.15) is 6.10 Å². The van der Waals surface area contributed by atoms with Gasteiger partial charge in [0.2, 0.25) is 0 Å². The number of carbonyl (C=O) groups is 1. The number of carbonyl (C=O) groups excluding carboxylic acids is 1. The molecule has 0 saturated carbocycles. The second-order valence-electron chi connectivity index (χ2n) is 4.88. The van der Waals surface area contributed by atoms with Crippen molar-refractivity contribution >= 4 is 5.78 Å². The van der Waals surface area contributed by atoms with Crippen LogP contribution in [0.4, 0.5) is 0 Å². The Bertz CT molecular complexity index is 176. The molecule has 16 heavy (non-hydrogen) atoms. The molecule has 0 aliphatic rings. The Kier molecular flexibility index (Phi) is 9.60. The van der Waals surface area contributed by atoms with Gasteiger partial charge in [-0.15, -0.1) is 0 Å². The molecule has 0 aromatic carbocycles. The van der Waals surface area contributed by atoms with Crippen LogP contribution in [-0.4, -0.2) is 19.0 Å². The lowest BCUT2D eigenvalue weighted by Gasteiger charge is -2.17. The standard InChI is InChI=1S/C14H28O2/c1-5-6-7-8-9-10-11-13(15)14(16-4)12(2)3/h12,14H,5-11H2,1-4H3. The third-order valence-corrected chi connectivity index (χ3v) is 2.95. The Balaban J connectivity index is 3.56. The first-order valence-corrected chi connectivity index (χ1v) is 6.69. The third kappa shape index (κ3) is 7.00. The molecule has 0 amide bonds. The van der Waals surface area contributed by atoms with E-state index in [4.69, 9.17) is 4.74 Å². The first-order valence-electron chi connectivity index (χ1n) is 6.69. The van der Waals surface area contributed by atoms with Crippen LogP contribution in [0.3, 0.4) is 0 Å². The quantitative estimate of drug-likeness (QED) is 0.529. The van der Waals surface area contributed by atoms with Gasteiger partial charge in [0.15, 0.2) is 5.78 Å². The highest BCUT2D eigenvalue weighted by Gasteiger charge is 2.20. The zero-order valence-corrected chi connectivity index (χ0v) is 11.4. The van der Waals surface area contributed by atoms with Gasteiger partial charge in [-0.2, -0.15) is 0 Å². The molecule has 0 heterocycles. The van der Waals surface area contributed by atoms with E-state index in [1.807, 2.05) is 13.8 Å². The van der Waals surface area contributed by atoms with Crippen molar-refractivity contribution in [2.45, 2.75) is 71.8 Å². The molecule has 0 saturated heterocycles. The monoisotopic (exact) mass is 228 g/mol. The van der Waals surface area contributed by atoms with E-state index in [0.29, 0.717) is 6.42 Å². The fourth-order valence-electron chi connectivity index (χ4n) is 2.00. The number of hydrogen-bond acceptors (Lipinski definition) is 2. The van der Waals surface area contributed by atoms with Crippen molar-refractivity contribution in [1.82, 2.24) is 0 Å². The average molecular weight is 228 g/mol. The second-order valence-corrected chi connectivity index (χ2v) is 4.88. The van der Waals surface area contributed by atoms with E-state index in [0.717, 1.165) is 6.42 Å². The smallest absolute Gasteiger partial charge is 0.161 e. The van der Waals surface area contributed by atoms with Crippen LogP contribution in [0.15, 0.2) is 0 Å². The van der Waals surface area contributed by atoms with Crippen LogP contribution in [0, 0.1) is 5.92 Å². The normalized spacial score (nSPS) is 13.1. The number of ether oxygens (including phenoxy) is 1. The molecule has 0 aromatic heterocycles. The molecule has 1 unspecified atom stereocenters. The van der Waals surface area contributed by atoms with Crippen molar-refractivity contribution in [2.75, 3.05) is 7.11 Å². The lowest BCUT2D eigenvalue weighted by Crippen LogP contribution is -2.28. The Morgan fingerprint density at radius 2 is 1.62 bits per heavy atom. The SMILES string of the molecule is CCCCCCCCC(=O)C(OC)C(C)C. The zero-order chi connectivity index (χ0) is 12.4. The molecule has 0 fully saturated rings. The molecular weight excluding hydrogens is 200 g/mol. The van der Waals surface area contributed by atoms with Gasteiger partial charge in [-0.3, -0.25) is 4.79 Å². The van der Waals surface area contributed by atoms with E-state index >= 15 is 0 Å². The summed E-state index contributed by atoms with van der Waals surface area (Å²) in [4.78, 5) is 11.8. The van der Waals surface area contributed by atoms with Crippen LogP contribution < -0.4 is 0 Å². The molecular formula is C14H28O2. The fraction of sp³-hybridized carbons (Fsp3) is 0.929. The lowest BCUT2D eigenvalue weighted by molar-refractivity contribution is -0.131. The summed E-state index contributed by atoms with van der Waals surface area (Å²) in [6, 6.07) is 0. The van der Waals surface area contributed by atoms with Crippen LogP contribution >= 0.6 is 0 Å². The van der Waals surface area contributed by atoms with E-state index in [2.05, 4.69) is 6.92 Å². The molecule has 2 nitrogen and oxygen atoms in total. The summed E-state index contributed by atoms with van der Waals surface area (Å²) in [5.41, 5.74) is 0. The van der Waals surface area contributed by atoms with E-state index in [-0.39, 0.29) is 17.8 Å². The first-order chi connectivity index (χ1) is 7.63. The lowest BCUT2D eigenvalue weighted by atomic mass is 9.98. The molecule has 0 aliphatic carbocycles. The zero-order valence-electron chi connectivity index (χ0n) is 11.4. The Hall–Kier alpha value is -0.370.